The second-order valence-corrected chi connectivity index (χ2v) is 6.35. The molecule has 0 radical (unpaired) electrons. The Labute approximate surface area is 160 Å². The first-order valence-corrected chi connectivity index (χ1v) is 9.12. The van der Waals surface area contributed by atoms with E-state index in [0.29, 0.717) is 31.3 Å². The first-order valence-electron chi connectivity index (χ1n) is 9.12. The number of aromatic nitrogens is 2. The van der Waals surface area contributed by atoms with E-state index in [2.05, 4.69) is 34.3 Å². The van der Waals surface area contributed by atoms with Gasteiger partial charge in [-0.2, -0.15) is 0 Å². The van der Waals surface area contributed by atoms with Crippen molar-refractivity contribution >= 4 is 11.9 Å². The van der Waals surface area contributed by atoms with Crippen molar-refractivity contribution in [3.8, 4) is 0 Å². The molecular formula is C22H24N4O. The van der Waals surface area contributed by atoms with Crippen LogP contribution in [0.25, 0.3) is 0 Å². The molecule has 0 saturated heterocycles. The van der Waals surface area contributed by atoms with Crippen LogP contribution in [0.1, 0.15) is 34.1 Å². The van der Waals surface area contributed by atoms with Crippen LogP contribution >= 0.6 is 0 Å². The smallest absolute Gasteiger partial charge is 0.272 e. The predicted molar refractivity (Wildman–Crippen MR) is 107 cm³/mol. The van der Waals surface area contributed by atoms with Crippen molar-refractivity contribution in [1.82, 2.24) is 14.9 Å². The van der Waals surface area contributed by atoms with Gasteiger partial charge in [0.25, 0.3) is 5.91 Å². The molecule has 0 spiro atoms. The second kappa shape index (κ2) is 8.94. The molecule has 0 aliphatic heterocycles. The fourth-order valence-electron chi connectivity index (χ4n) is 2.84. The van der Waals surface area contributed by atoms with Gasteiger partial charge in [-0.15, -0.1) is 0 Å². The van der Waals surface area contributed by atoms with Gasteiger partial charge in [0, 0.05) is 25.8 Å². The van der Waals surface area contributed by atoms with Crippen molar-refractivity contribution in [3.05, 3.63) is 89.2 Å². The lowest BCUT2D eigenvalue weighted by atomic mass is 10.1. The summed E-state index contributed by atoms with van der Waals surface area (Å²) >= 11 is 0. The van der Waals surface area contributed by atoms with Crippen molar-refractivity contribution in [2.24, 2.45) is 0 Å². The zero-order chi connectivity index (χ0) is 19.1. The zero-order valence-corrected chi connectivity index (χ0v) is 15.7. The van der Waals surface area contributed by atoms with E-state index >= 15 is 0 Å². The number of hydrogen-bond acceptors (Lipinski definition) is 4. The van der Waals surface area contributed by atoms with Crippen LogP contribution in [-0.2, 0) is 13.1 Å². The van der Waals surface area contributed by atoms with Crippen LogP contribution in [0, 0.1) is 6.92 Å². The highest BCUT2D eigenvalue weighted by Gasteiger charge is 2.16. The molecule has 0 aliphatic carbocycles. The fraction of sp³-hybridized carbons (Fsp3) is 0.227. The first kappa shape index (κ1) is 18.6. The van der Waals surface area contributed by atoms with Crippen LogP contribution in [0.15, 0.2) is 66.9 Å². The fourth-order valence-corrected chi connectivity index (χ4v) is 2.84. The molecule has 0 atom stereocenters. The summed E-state index contributed by atoms with van der Waals surface area (Å²) in [5, 5.41) is 3.21. The third kappa shape index (κ3) is 4.91. The minimum Gasteiger partial charge on any atom is -0.350 e. The summed E-state index contributed by atoms with van der Waals surface area (Å²) in [6, 6.07) is 19.8. The van der Waals surface area contributed by atoms with Gasteiger partial charge in [-0.3, -0.25) is 4.79 Å². The number of amides is 1. The Hall–Kier alpha value is -3.21. The number of rotatable bonds is 7. The van der Waals surface area contributed by atoms with Crippen molar-refractivity contribution in [2.75, 3.05) is 11.9 Å². The summed E-state index contributed by atoms with van der Waals surface area (Å²) in [4.78, 5) is 23.3. The van der Waals surface area contributed by atoms with Crippen LogP contribution in [0.5, 0.6) is 0 Å². The van der Waals surface area contributed by atoms with Crippen molar-refractivity contribution in [2.45, 2.75) is 26.9 Å². The van der Waals surface area contributed by atoms with Gasteiger partial charge in [0.05, 0.1) is 0 Å². The largest absolute Gasteiger partial charge is 0.350 e. The topological polar surface area (TPSA) is 58.1 Å². The Morgan fingerprint density at radius 3 is 2.52 bits per heavy atom. The lowest BCUT2D eigenvalue weighted by molar-refractivity contribution is 0.0746. The van der Waals surface area contributed by atoms with Gasteiger partial charge in [-0.05, 0) is 36.6 Å². The molecule has 0 aliphatic rings. The van der Waals surface area contributed by atoms with Crippen molar-refractivity contribution in [1.29, 1.82) is 0 Å². The summed E-state index contributed by atoms with van der Waals surface area (Å²) in [7, 11) is 0. The van der Waals surface area contributed by atoms with E-state index in [0.717, 1.165) is 5.56 Å². The number of nitrogens with one attached hydrogen (secondary N) is 1. The van der Waals surface area contributed by atoms with Gasteiger partial charge in [0.2, 0.25) is 5.95 Å². The molecule has 5 nitrogen and oxygen atoms in total. The molecule has 0 saturated carbocycles. The minimum absolute atomic E-state index is 0.0947. The van der Waals surface area contributed by atoms with Gasteiger partial charge in [0.15, 0.2) is 0 Å². The Kier molecular flexibility index (Phi) is 6.15. The number of carbonyl (C=O) groups excluding carboxylic acids is 1. The summed E-state index contributed by atoms with van der Waals surface area (Å²) in [6.45, 7) is 5.83. The molecule has 1 amide bonds. The van der Waals surface area contributed by atoms with E-state index in [1.165, 1.54) is 11.1 Å². The number of nitrogens with zero attached hydrogens (tertiary/aromatic N) is 3. The highest BCUT2D eigenvalue weighted by molar-refractivity contribution is 5.92. The molecule has 2 aromatic carbocycles. The van der Waals surface area contributed by atoms with Gasteiger partial charge in [0.1, 0.15) is 5.69 Å². The number of hydrogen-bond donors (Lipinski definition) is 1. The van der Waals surface area contributed by atoms with Gasteiger partial charge >= 0.3 is 0 Å². The maximum atomic E-state index is 12.9. The molecule has 0 fully saturated rings. The Bertz CT molecular complexity index is 896. The number of benzene rings is 2. The monoisotopic (exact) mass is 360 g/mol. The summed E-state index contributed by atoms with van der Waals surface area (Å²) in [5.41, 5.74) is 3.88. The number of aryl methyl sites for hydroxylation is 1. The van der Waals surface area contributed by atoms with E-state index in [1.807, 2.05) is 49.4 Å². The summed E-state index contributed by atoms with van der Waals surface area (Å²) < 4.78 is 0. The SMILES string of the molecule is CCN(Cc1ccccc1)C(=O)c1ccnc(NCc2ccccc2C)n1. The van der Waals surface area contributed by atoms with E-state index in [1.54, 1.807) is 17.2 Å². The zero-order valence-electron chi connectivity index (χ0n) is 15.7. The molecule has 1 aromatic heterocycles. The standard InChI is InChI=1S/C22H24N4O/c1-3-26(16-18-10-5-4-6-11-18)21(27)20-13-14-23-22(25-20)24-15-19-12-8-7-9-17(19)2/h4-14H,3,15-16H2,1-2H3,(H,23,24,25). The number of anilines is 1. The Morgan fingerprint density at radius 2 is 1.78 bits per heavy atom. The van der Waals surface area contributed by atoms with Crippen LogP contribution in [-0.4, -0.2) is 27.3 Å². The average Bonchev–Trinajstić information content (AvgIpc) is 2.72. The summed E-state index contributed by atoms with van der Waals surface area (Å²) in [6.07, 6.45) is 1.62. The lowest BCUT2D eigenvalue weighted by Gasteiger charge is -2.20. The van der Waals surface area contributed by atoms with E-state index in [-0.39, 0.29) is 5.91 Å². The van der Waals surface area contributed by atoms with Crippen molar-refractivity contribution in [3.63, 3.8) is 0 Å². The predicted octanol–water partition coefficient (Wildman–Crippen LogP) is 4.06. The molecule has 27 heavy (non-hydrogen) atoms. The van der Waals surface area contributed by atoms with E-state index in [4.69, 9.17) is 0 Å². The molecular weight excluding hydrogens is 336 g/mol. The average molecular weight is 360 g/mol. The van der Waals surface area contributed by atoms with Gasteiger partial charge < -0.3 is 10.2 Å². The maximum absolute atomic E-state index is 12.9. The molecule has 5 heteroatoms. The minimum atomic E-state index is -0.0947. The lowest BCUT2D eigenvalue weighted by Crippen LogP contribution is -2.31. The molecule has 1 heterocycles. The van der Waals surface area contributed by atoms with Crippen molar-refractivity contribution < 1.29 is 4.79 Å². The normalized spacial score (nSPS) is 10.4. The highest BCUT2D eigenvalue weighted by atomic mass is 16.2. The quantitative estimate of drug-likeness (QED) is 0.690. The first-order chi connectivity index (χ1) is 13.2. The second-order valence-electron chi connectivity index (χ2n) is 6.35. The van der Waals surface area contributed by atoms with E-state index < -0.39 is 0 Å². The third-order valence-corrected chi connectivity index (χ3v) is 4.46. The van der Waals surface area contributed by atoms with Crippen LogP contribution < -0.4 is 5.32 Å². The maximum Gasteiger partial charge on any atom is 0.272 e. The van der Waals surface area contributed by atoms with E-state index in [9.17, 15) is 4.79 Å². The highest BCUT2D eigenvalue weighted by Crippen LogP contribution is 2.12. The summed E-state index contributed by atoms with van der Waals surface area (Å²) in [5.74, 6) is 0.363. The van der Waals surface area contributed by atoms with Crippen LogP contribution in [0.4, 0.5) is 5.95 Å². The number of carbonyl (C=O) groups is 1. The molecule has 1 N–H and O–H groups in total. The molecule has 0 bridgehead atoms. The van der Waals surface area contributed by atoms with Gasteiger partial charge in [-0.1, -0.05) is 54.6 Å². The molecule has 3 rings (SSSR count). The third-order valence-electron chi connectivity index (χ3n) is 4.46. The van der Waals surface area contributed by atoms with Crippen LogP contribution in [0.3, 0.4) is 0 Å². The molecule has 138 valence electrons. The Morgan fingerprint density at radius 1 is 1.04 bits per heavy atom. The van der Waals surface area contributed by atoms with Crippen LogP contribution in [0.2, 0.25) is 0 Å². The molecule has 0 unspecified atom stereocenters. The van der Waals surface area contributed by atoms with Gasteiger partial charge in [-0.25, -0.2) is 9.97 Å². The molecule has 3 aromatic rings. The Balaban J connectivity index is 1.70.